The normalized spacial score (nSPS) is 16.5. The number of anilines is 1. The second kappa shape index (κ2) is 5.14. The third-order valence-corrected chi connectivity index (χ3v) is 3.05. The quantitative estimate of drug-likeness (QED) is 0.869. The molecule has 1 atom stereocenters. The van der Waals surface area contributed by atoms with E-state index in [1.165, 1.54) is 6.20 Å². The van der Waals surface area contributed by atoms with Gasteiger partial charge in [0.2, 0.25) is 5.95 Å². The van der Waals surface area contributed by atoms with E-state index in [1.807, 2.05) is 0 Å². The van der Waals surface area contributed by atoms with Crippen molar-refractivity contribution in [2.45, 2.75) is 32.1 Å². The number of rotatable bonds is 2. The van der Waals surface area contributed by atoms with Crippen LogP contribution in [0.3, 0.4) is 0 Å². The topological polar surface area (TPSA) is 78.4 Å². The van der Waals surface area contributed by atoms with Crippen molar-refractivity contribution < 1.29 is 23.1 Å². The Hall–Kier alpha value is -2.06. The highest BCUT2D eigenvalue weighted by Gasteiger charge is 2.36. The van der Waals surface area contributed by atoms with Crippen molar-refractivity contribution in [3.8, 4) is 0 Å². The molecule has 1 amide bonds. The molecule has 6 nitrogen and oxygen atoms in total. The molecule has 0 aromatic carbocycles. The van der Waals surface area contributed by atoms with Crippen LogP contribution >= 0.6 is 0 Å². The monoisotopic (exact) mass is 290 g/mol. The maximum absolute atomic E-state index is 12.4. The average Bonchev–Trinajstić information content (AvgIpc) is 2.36. The van der Waals surface area contributed by atoms with Crippen LogP contribution in [-0.2, 0) is 13.0 Å². The van der Waals surface area contributed by atoms with Gasteiger partial charge in [0.05, 0.1) is 12.2 Å². The van der Waals surface area contributed by atoms with E-state index >= 15 is 0 Å². The number of aromatic nitrogens is 2. The van der Waals surface area contributed by atoms with E-state index in [0.29, 0.717) is 18.7 Å². The van der Waals surface area contributed by atoms with Crippen LogP contribution in [-0.4, -0.2) is 44.8 Å². The molecule has 1 aromatic heterocycles. The molecule has 1 aliphatic rings. The van der Waals surface area contributed by atoms with Gasteiger partial charge in [-0.3, -0.25) is 0 Å². The van der Waals surface area contributed by atoms with Gasteiger partial charge in [0.1, 0.15) is 6.04 Å². The summed E-state index contributed by atoms with van der Waals surface area (Å²) in [6.45, 7) is 1.35. The van der Waals surface area contributed by atoms with E-state index in [2.05, 4.69) is 15.3 Å². The molecule has 0 bridgehead atoms. The van der Waals surface area contributed by atoms with Crippen molar-refractivity contribution in [1.82, 2.24) is 14.9 Å². The highest BCUT2D eigenvalue weighted by Crippen LogP contribution is 2.23. The fraction of sp³-hybridized carbons (Fsp3) is 0.545. The van der Waals surface area contributed by atoms with E-state index in [0.717, 1.165) is 17.4 Å². The molecule has 0 saturated carbocycles. The summed E-state index contributed by atoms with van der Waals surface area (Å²) in [6.07, 6.45) is -3.58. The molecule has 0 radical (unpaired) electrons. The zero-order chi connectivity index (χ0) is 14.9. The van der Waals surface area contributed by atoms with Crippen molar-refractivity contribution in [3.63, 3.8) is 0 Å². The molecule has 20 heavy (non-hydrogen) atoms. The van der Waals surface area contributed by atoms with Gasteiger partial charge in [-0.25, -0.2) is 14.8 Å². The molecule has 0 saturated heterocycles. The standard InChI is InChI=1S/C11H13F3N4O2/c1-6(11(12,13)14)16-9-15-4-7-2-3-18(10(19)20)5-8(7)17-9/h4,6H,2-3,5H2,1H3,(H,19,20)(H,15,16,17). The van der Waals surface area contributed by atoms with Crippen LogP contribution in [0, 0.1) is 0 Å². The Balaban J connectivity index is 2.15. The van der Waals surface area contributed by atoms with Crippen molar-refractivity contribution in [3.05, 3.63) is 17.5 Å². The summed E-state index contributed by atoms with van der Waals surface area (Å²) in [5.74, 6) is -0.152. The first-order valence-electron chi connectivity index (χ1n) is 5.93. The molecule has 2 N–H and O–H groups in total. The maximum atomic E-state index is 12.4. The largest absolute Gasteiger partial charge is 0.465 e. The molecule has 1 aliphatic heterocycles. The highest BCUT2D eigenvalue weighted by atomic mass is 19.4. The molecule has 0 spiro atoms. The predicted octanol–water partition coefficient (Wildman–Crippen LogP) is 1.88. The summed E-state index contributed by atoms with van der Waals surface area (Å²) in [6, 6.07) is -1.78. The molecular formula is C11H13F3N4O2. The Kier molecular flexibility index (Phi) is 3.69. The van der Waals surface area contributed by atoms with Crippen LogP contribution in [0.25, 0.3) is 0 Å². The zero-order valence-electron chi connectivity index (χ0n) is 10.6. The Morgan fingerprint density at radius 2 is 2.25 bits per heavy atom. The summed E-state index contributed by atoms with van der Waals surface area (Å²) in [4.78, 5) is 19.8. The number of carbonyl (C=O) groups is 1. The molecule has 1 aromatic rings. The van der Waals surface area contributed by atoms with Crippen LogP contribution in [0.4, 0.5) is 23.9 Å². The van der Waals surface area contributed by atoms with Gasteiger partial charge >= 0.3 is 12.3 Å². The van der Waals surface area contributed by atoms with Crippen LogP contribution in [0.15, 0.2) is 6.20 Å². The fourth-order valence-corrected chi connectivity index (χ4v) is 1.81. The number of nitrogens with one attached hydrogen (secondary N) is 1. The first-order valence-corrected chi connectivity index (χ1v) is 5.93. The van der Waals surface area contributed by atoms with Crippen LogP contribution in [0.2, 0.25) is 0 Å². The fourth-order valence-electron chi connectivity index (χ4n) is 1.81. The lowest BCUT2D eigenvalue weighted by Gasteiger charge is -2.26. The molecule has 0 aliphatic carbocycles. The van der Waals surface area contributed by atoms with Gasteiger partial charge in [-0.2, -0.15) is 13.2 Å². The summed E-state index contributed by atoms with van der Waals surface area (Å²) in [7, 11) is 0. The molecule has 110 valence electrons. The lowest BCUT2D eigenvalue weighted by Crippen LogP contribution is -2.36. The Bertz CT molecular complexity index is 521. The average molecular weight is 290 g/mol. The minimum atomic E-state index is -4.40. The smallest absolute Gasteiger partial charge is 0.408 e. The van der Waals surface area contributed by atoms with Crippen LogP contribution in [0.1, 0.15) is 18.2 Å². The maximum Gasteiger partial charge on any atom is 0.408 e. The number of hydrogen-bond donors (Lipinski definition) is 2. The van der Waals surface area contributed by atoms with Gasteiger partial charge in [0.25, 0.3) is 0 Å². The van der Waals surface area contributed by atoms with Crippen molar-refractivity contribution in [2.24, 2.45) is 0 Å². The molecule has 2 rings (SSSR count). The van der Waals surface area contributed by atoms with Gasteiger partial charge in [0, 0.05) is 12.7 Å². The van der Waals surface area contributed by atoms with Crippen molar-refractivity contribution >= 4 is 12.0 Å². The molecule has 0 fully saturated rings. The van der Waals surface area contributed by atoms with Crippen molar-refractivity contribution in [1.29, 1.82) is 0 Å². The zero-order valence-corrected chi connectivity index (χ0v) is 10.6. The number of nitrogens with zero attached hydrogens (tertiary/aromatic N) is 3. The van der Waals surface area contributed by atoms with Gasteiger partial charge in [0.15, 0.2) is 0 Å². The minimum Gasteiger partial charge on any atom is -0.465 e. The van der Waals surface area contributed by atoms with Crippen LogP contribution in [0.5, 0.6) is 0 Å². The number of alkyl halides is 3. The molecule has 9 heteroatoms. The van der Waals surface area contributed by atoms with Gasteiger partial charge < -0.3 is 15.3 Å². The van der Waals surface area contributed by atoms with Crippen LogP contribution < -0.4 is 5.32 Å². The van der Waals surface area contributed by atoms with Crippen molar-refractivity contribution in [2.75, 3.05) is 11.9 Å². The summed E-state index contributed by atoms with van der Waals surface area (Å²) in [5.41, 5.74) is 1.19. The first kappa shape index (κ1) is 14.4. The number of fused-ring (bicyclic) bond motifs is 1. The van der Waals surface area contributed by atoms with Gasteiger partial charge in [-0.1, -0.05) is 0 Å². The van der Waals surface area contributed by atoms with E-state index in [4.69, 9.17) is 5.11 Å². The predicted molar refractivity (Wildman–Crippen MR) is 63.3 cm³/mol. The highest BCUT2D eigenvalue weighted by molar-refractivity contribution is 5.65. The third-order valence-electron chi connectivity index (χ3n) is 3.05. The second-order valence-corrected chi connectivity index (χ2v) is 4.53. The Morgan fingerprint density at radius 1 is 1.55 bits per heavy atom. The molecular weight excluding hydrogens is 277 g/mol. The van der Waals surface area contributed by atoms with E-state index in [-0.39, 0.29) is 12.5 Å². The summed E-state index contributed by atoms with van der Waals surface area (Å²) >= 11 is 0. The number of hydrogen-bond acceptors (Lipinski definition) is 4. The minimum absolute atomic E-state index is 0.0578. The first-order chi connectivity index (χ1) is 9.27. The SMILES string of the molecule is CC(Nc1ncc2c(n1)CN(C(=O)O)CC2)C(F)(F)F. The third kappa shape index (κ3) is 3.09. The lowest BCUT2D eigenvalue weighted by molar-refractivity contribution is -0.138. The Morgan fingerprint density at radius 3 is 2.85 bits per heavy atom. The van der Waals surface area contributed by atoms with E-state index in [9.17, 15) is 18.0 Å². The number of carboxylic acid groups (broad SMARTS) is 1. The van der Waals surface area contributed by atoms with E-state index < -0.39 is 18.3 Å². The van der Waals surface area contributed by atoms with E-state index in [1.54, 1.807) is 0 Å². The number of amides is 1. The lowest BCUT2D eigenvalue weighted by atomic mass is 10.1. The van der Waals surface area contributed by atoms with Gasteiger partial charge in [-0.05, 0) is 18.9 Å². The molecule has 1 unspecified atom stereocenters. The summed E-state index contributed by atoms with van der Waals surface area (Å²) < 4.78 is 37.3. The summed E-state index contributed by atoms with van der Waals surface area (Å²) in [5, 5.41) is 11.1. The Labute approximate surface area is 112 Å². The number of halogens is 3. The second-order valence-electron chi connectivity index (χ2n) is 4.53. The van der Waals surface area contributed by atoms with Gasteiger partial charge in [-0.15, -0.1) is 0 Å². The molecule has 2 heterocycles.